The summed E-state index contributed by atoms with van der Waals surface area (Å²) < 4.78 is 0. The molecule has 0 radical (unpaired) electrons. The van der Waals surface area contributed by atoms with Gasteiger partial charge in [-0.25, -0.2) is 0 Å². The van der Waals surface area contributed by atoms with Gasteiger partial charge in [0.15, 0.2) is 0 Å². The molecule has 0 amide bonds. The molecule has 2 heteroatoms. The van der Waals surface area contributed by atoms with E-state index in [1.54, 1.807) is 0 Å². The van der Waals surface area contributed by atoms with E-state index in [-0.39, 0.29) is 10.8 Å². The van der Waals surface area contributed by atoms with E-state index < -0.39 is 0 Å². The van der Waals surface area contributed by atoms with E-state index in [1.165, 1.54) is 19.3 Å². The van der Waals surface area contributed by atoms with Crippen molar-refractivity contribution in [3.63, 3.8) is 0 Å². The predicted molar refractivity (Wildman–Crippen MR) is 40.1 cm³/mol. The Morgan fingerprint density at radius 3 is 1.56 bits per heavy atom. The van der Waals surface area contributed by atoms with Gasteiger partial charge in [0.25, 0.3) is 0 Å². The Labute approximate surface area is 65.5 Å². The Bertz CT molecular complexity index is 106. The lowest BCUT2D eigenvalue weighted by molar-refractivity contribution is 0.494. The van der Waals surface area contributed by atoms with Gasteiger partial charge in [0.05, 0.1) is 10.8 Å². The molecule has 2 bridgehead atoms. The van der Waals surface area contributed by atoms with Crippen LogP contribution in [0.1, 0.15) is 19.3 Å². The lowest BCUT2D eigenvalue weighted by atomic mass is 10.00. The normalized spacial score (nSPS) is 56.7. The predicted octanol–water partition coefficient (Wildman–Crippen LogP) is 2.63. The molecular formula is C7H10Cl2. The first-order valence-electron chi connectivity index (χ1n) is 3.57. The van der Waals surface area contributed by atoms with E-state index in [1.807, 2.05) is 0 Å². The second-order valence-electron chi connectivity index (χ2n) is 3.22. The first-order valence-corrected chi connectivity index (χ1v) is 4.44. The van der Waals surface area contributed by atoms with Crippen LogP contribution >= 0.6 is 23.2 Å². The molecule has 0 aromatic carbocycles. The summed E-state index contributed by atoms with van der Waals surface area (Å²) in [6, 6.07) is 0. The van der Waals surface area contributed by atoms with Gasteiger partial charge < -0.3 is 0 Å². The van der Waals surface area contributed by atoms with Gasteiger partial charge in [0.2, 0.25) is 0 Å². The van der Waals surface area contributed by atoms with Gasteiger partial charge in [-0.05, 0) is 31.1 Å². The third-order valence-corrected chi connectivity index (χ3v) is 4.10. The van der Waals surface area contributed by atoms with Crippen molar-refractivity contribution in [2.75, 3.05) is 0 Å². The van der Waals surface area contributed by atoms with Crippen molar-refractivity contribution in [3.8, 4) is 0 Å². The molecule has 2 saturated carbocycles. The number of hydrogen-bond donors (Lipinski definition) is 0. The van der Waals surface area contributed by atoms with E-state index in [2.05, 4.69) is 0 Å². The van der Waals surface area contributed by atoms with Crippen molar-refractivity contribution < 1.29 is 0 Å². The van der Waals surface area contributed by atoms with Gasteiger partial charge in [-0.2, -0.15) is 0 Å². The summed E-state index contributed by atoms with van der Waals surface area (Å²) in [4.78, 5) is 0. The first kappa shape index (κ1) is 6.30. The lowest BCUT2D eigenvalue weighted by Gasteiger charge is -2.20. The Balaban J connectivity index is 2.15. The molecule has 2 fully saturated rings. The summed E-state index contributed by atoms with van der Waals surface area (Å²) in [6.45, 7) is 0. The van der Waals surface area contributed by atoms with E-state index in [4.69, 9.17) is 23.2 Å². The van der Waals surface area contributed by atoms with E-state index in [0.29, 0.717) is 0 Å². The van der Waals surface area contributed by atoms with Crippen LogP contribution in [0, 0.1) is 11.8 Å². The largest absolute Gasteiger partial charge is 0.121 e. The smallest absolute Gasteiger partial charge is 0.0530 e. The van der Waals surface area contributed by atoms with Crippen LogP contribution in [0.5, 0.6) is 0 Å². The zero-order valence-electron chi connectivity index (χ0n) is 5.19. The monoisotopic (exact) mass is 164 g/mol. The number of fused-ring (bicyclic) bond motifs is 2. The Hall–Kier alpha value is 0.580. The van der Waals surface area contributed by atoms with Crippen molar-refractivity contribution in [3.05, 3.63) is 0 Å². The summed E-state index contributed by atoms with van der Waals surface area (Å²) in [6.07, 6.45) is 3.94. The highest BCUT2D eigenvalue weighted by Crippen LogP contribution is 2.49. The molecule has 0 aromatic heterocycles. The zero-order valence-corrected chi connectivity index (χ0v) is 6.70. The topological polar surface area (TPSA) is 0 Å². The van der Waals surface area contributed by atoms with Crippen molar-refractivity contribution >= 4 is 23.2 Å². The summed E-state index contributed by atoms with van der Waals surface area (Å²) in [7, 11) is 0. The molecule has 2 rings (SSSR count). The number of alkyl halides is 2. The van der Waals surface area contributed by atoms with Crippen molar-refractivity contribution in [2.24, 2.45) is 11.8 Å². The van der Waals surface area contributed by atoms with Gasteiger partial charge >= 0.3 is 0 Å². The van der Waals surface area contributed by atoms with E-state index >= 15 is 0 Å². The minimum absolute atomic E-state index is 0.283. The van der Waals surface area contributed by atoms with Gasteiger partial charge in [-0.1, -0.05) is 0 Å². The van der Waals surface area contributed by atoms with Crippen LogP contribution in [0.15, 0.2) is 0 Å². The number of hydrogen-bond acceptors (Lipinski definition) is 0. The minimum Gasteiger partial charge on any atom is -0.121 e. The number of rotatable bonds is 0. The molecule has 0 N–H and O–H groups in total. The minimum atomic E-state index is 0.283. The molecule has 2 aliphatic carbocycles. The molecule has 0 saturated heterocycles. The van der Waals surface area contributed by atoms with Gasteiger partial charge in [-0.3, -0.25) is 0 Å². The highest BCUT2D eigenvalue weighted by Gasteiger charge is 2.45. The van der Waals surface area contributed by atoms with Crippen LogP contribution in [0.4, 0.5) is 0 Å². The van der Waals surface area contributed by atoms with Crippen molar-refractivity contribution in [1.29, 1.82) is 0 Å². The van der Waals surface area contributed by atoms with Gasteiger partial charge in [0.1, 0.15) is 0 Å². The van der Waals surface area contributed by atoms with E-state index in [0.717, 1.165) is 11.8 Å². The standard InChI is InChI=1S/C7H10Cl2/c8-6-4-1-2-5(3-4)7(6)9/h4-7H,1-3H2/t4-,5-,6-,7+/m0/s1. The van der Waals surface area contributed by atoms with Crippen LogP contribution in [0.2, 0.25) is 0 Å². The third kappa shape index (κ3) is 0.798. The van der Waals surface area contributed by atoms with Crippen LogP contribution in [0.25, 0.3) is 0 Å². The quantitative estimate of drug-likeness (QED) is 0.484. The van der Waals surface area contributed by atoms with Gasteiger partial charge in [-0.15, -0.1) is 23.2 Å². The second-order valence-corrected chi connectivity index (χ2v) is 4.23. The summed E-state index contributed by atoms with van der Waals surface area (Å²) >= 11 is 12.1. The Morgan fingerprint density at radius 1 is 0.889 bits per heavy atom. The highest BCUT2D eigenvalue weighted by molar-refractivity contribution is 6.30. The lowest BCUT2D eigenvalue weighted by Crippen LogP contribution is -2.22. The Kier molecular flexibility index (Phi) is 1.42. The molecule has 0 aliphatic heterocycles. The molecule has 2 aliphatic rings. The molecule has 52 valence electrons. The van der Waals surface area contributed by atoms with Crippen LogP contribution in [-0.2, 0) is 0 Å². The second kappa shape index (κ2) is 2.03. The molecule has 0 spiro atoms. The molecule has 9 heavy (non-hydrogen) atoms. The maximum Gasteiger partial charge on any atom is 0.0530 e. The summed E-state index contributed by atoms with van der Waals surface area (Å²) in [5.74, 6) is 1.50. The summed E-state index contributed by atoms with van der Waals surface area (Å²) in [5, 5.41) is 0.566. The fraction of sp³-hybridized carbons (Fsp3) is 1.00. The fourth-order valence-corrected chi connectivity index (χ4v) is 3.02. The Morgan fingerprint density at radius 2 is 1.33 bits per heavy atom. The molecule has 0 aromatic rings. The fourth-order valence-electron chi connectivity index (χ4n) is 2.15. The van der Waals surface area contributed by atoms with Crippen LogP contribution < -0.4 is 0 Å². The third-order valence-electron chi connectivity index (χ3n) is 2.72. The summed E-state index contributed by atoms with van der Waals surface area (Å²) in [5.41, 5.74) is 0. The maximum atomic E-state index is 6.03. The van der Waals surface area contributed by atoms with Crippen LogP contribution in [0.3, 0.4) is 0 Å². The molecule has 4 atom stereocenters. The highest BCUT2D eigenvalue weighted by atomic mass is 35.5. The maximum absolute atomic E-state index is 6.03. The van der Waals surface area contributed by atoms with Gasteiger partial charge in [0, 0.05) is 0 Å². The van der Waals surface area contributed by atoms with E-state index in [9.17, 15) is 0 Å². The van der Waals surface area contributed by atoms with Crippen molar-refractivity contribution in [1.82, 2.24) is 0 Å². The SMILES string of the molecule is Cl[C@@H]1[C@H]2CC[C@@H](C2)[C@@H]1Cl. The van der Waals surface area contributed by atoms with Crippen molar-refractivity contribution in [2.45, 2.75) is 30.0 Å². The van der Waals surface area contributed by atoms with Crippen LogP contribution in [-0.4, -0.2) is 10.8 Å². The first-order chi connectivity index (χ1) is 4.29. The average molecular weight is 165 g/mol. The zero-order chi connectivity index (χ0) is 6.43. The molecule has 0 nitrogen and oxygen atoms in total. The molecular weight excluding hydrogens is 155 g/mol. The molecule has 0 heterocycles. The molecule has 0 unspecified atom stereocenters. The number of halogens is 2. The average Bonchev–Trinajstić information content (AvgIpc) is 2.37.